The summed E-state index contributed by atoms with van der Waals surface area (Å²) in [6.07, 6.45) is 0.323. The molecule has 0 N–H and O–H groups in total. The van der Waals surface area contributed by atoms with Crippen LogP contribution in [0.25, 0.3) is 0 Å². The highest BCUT2D eigenvalue weighted by Gasteiger charge is 2.18. The summed E-state index contributed by atoms with van der Waals surface area (Å²) in [6.45, 7) is 0. The molecule has 1 heterocycles. The van der Waals surface area contributed by atoms with Gasteiger partial charge in [-0.3, -0.25) is 14.9 Å². The minimum atomic E-state index is -0.440. The fourth-order valence-corrected chi connectivity index (χ4v) is 2.28. The second-order valence-corrected chi connectivity index (χ2v) is 4.07. The molecule has 0 radical (unpaired) electrons. The van der Waals surface area contributed by atoms with Crippen LogP contribution in [0.5, 0.6) is 0 Å². The van der Waals surface area contributed by atoms with Crippen LogP contribution in [0.15, 0.2) is 23.1 Å². The molecule has 0 aliphatic carbocycles. The van der Waals surface area contributed by atoms with E-state index in [9.17, 15) is 14.9 Å². The summed E-state index contributed by atoms with van der Waals surface area (Å²) in [6, 6.07) is 4.67. The van der Waals surface area contributed by atoms with Gasteiger partial charge in [-0.25, -0.2) is 0 Å². The van der Waals surface area contributed by atoms with Gasteiger partial charge in [-0.15, -0.1) is 11.8 Å². The van der Waals surface area contributed by atoms with Crippen molar-refractivity contribution >= 4 is 23.2 Å². The molecule has 14 heavy (non-hydrogen) atoms. The average Bonchev–Trinajstić information content (AvgIpc) is 2.16. The predicted molar refractivity (Wildman–Crippen MR) is 52.5 cm³/mol. The Labute approximate surface area is 84.5 Å². The zero-order chi connectivity index (χ0) is 10.1. The number of benzene rings is 1. The summed E-state index contributed by atoms with van der Waals surface area (Å²) in [7, 11) is 0. The molecular formula is C9H7NO3S. The van der Waals surface area contributed by atoms with Crippen molar-refractivity contribution in [1.82, 2.24) is 0 Å². The first-order valence-corrected chi connectivity index (χ1v) is 5.07. The minimum absolute atomic E-state index is 0.0547. The number of nitrogens with zero attached hydrogens (tertiary/aromatic N) is 1. The summed E-state index contributed by atoms with van der Waals surface area (Å²) in [5.74, 6) is 0.605. The van der Waals surface area contributed by atoms with Gasteiger partial charge in [0.1, 0.15) is 5.78 Å². The highest BCUT2D eigenvalue weighted by atomic mass is 32.2. The molecule has 0 saturated carbocycles. The van der Waals surface area contributed by atoms with Gasteiger partial charge in [0, 0.05) is 23.4 Å². The van der Waals surface area contributed by atoms with Gasteiger partial charge in [0.25, 0.3) is 5.69 Å². The van der Waals surface area contributed by atoms with Crippen LogP contribution in [0.4, 0.5) is 5.69 Å². The Bertz CT molecular complexity index is 417. The van der Waals surface area contributed by atoms with Crippen LogP contribution in [0.1, 0.15) is 5.56 Å². The van der Waals surface area contributed by atoms with Crippen LogP contribution in [0.3, 0.4) is 0 Å². The molecular weight excluding hydrogens is 202 g/mol. The number of carbonyl (C=O) groups excluding carboxylic acids is 1. The van der Waals surface area contributed by atoms with E-state index in [-0.39, 0.29) is 11.5 Å². The first-order valence-electron chi connectivity index (χ1n) is 4.08. The van der Waals surface area contributed by atoms with Crippen molar-refractivity contribution in [1.29, 1.82) is 0 Å². The monoisotopic (exact) mass is 209 g/mol. The van der Waals surface area contributed by atoms with E-state index in [0.29, 0.717) is 12.2 Å². The third-order valence-electron chi connectivity index (χ3n) is 2.03. The number of ketones is 1. The Kier molecular flexibility index (Phi) is 2.25. The molecule has 0 spiro atoms. The Morgan fingerprint density at radius 1 is 1.43 bits per heavy atom. The number of carbonyl (C=O) groups is 1. The molecule has 1 aliphatic heterocycles. The van der Waals surface area contributed by atoms with Gasteiger partial charge < -0.3 is 0 Å². The number of hydrogen-bond donors (Lipinski definition) is 0. The largest absolute Gasteiger partial charge is 0.298 e. The second kappa shape index (κ2) is 3.42. The predicted octanol–water partition coefficient (Wildman–Crippen LogP) is 1.81. The van der Waals surface area contributed by atoms with Gasteiger partial charge in [-0.1, -0.05) is 0 Å². The number of Topliss-reactive ketones (excluding diaryl/α,β-unsaturated/α-hetero) is 1. The van der Waals surface area contributed by atoms with Gasteiger partial charge in [0.2, 0.25) is 0 Å². The Balaban J connectivity index is 2.42. The van der Waals surface area contributed by atoms with Crippen molar-refractivity contribution in [2.24, 2.45) is 0 Å². The molecule has 1 aromatic carbocycles. The minimum Gasteiger partial charge on any atom is -0.298 e. The summed E-state index contributed by atoms with van der Waals surface area (Å²) in [5, 5.41) is 10.5. The van der Waals surface area contributed by atoms with Crippen molar-refractivity contribution in [2.45, 2.75) is 11.3 Å². The third kappa shape index (κ3) is 1.63. The zero-order valence-electron chi connectivity index (χ0n) is 7.23. The number of hydrogen-bond acceptors (Lipinski definition) is 4. The summed E-state index contributed by atoms with van der Waals surface area (Å²) >= 11 is 1.45. The van der Waals surface area contributed by atoms with Crippen molar-refractivity contribution in [3.63, 3.8) is 0 Å². The first-order chi connectivity index (χ1) is 6.66. The molecule has 0 atom stereocenters. The average molecular weight is 209 g/mol. The number of nitro groups is 1. The Morgan fingerprint density at radius 3 is 2.93 bits per heavy atom. The third-order valence-corrected chi connectivity index (χ3v) is 3.21. The molecule has 0 bridgehead atoms. The molecule has 1 aromatic rings. The maximum atomic E-state index is 11.1. The number of rotatable bonds is 1. The van der Waals surface area contributed by atoms with Gasteiger partial charge >= 0.3 is 0 Å². The topological polar surface area (TPSA) is 60.2 Å². The van der Waals surface area contributed by atoms with Gasteiger partial charge in [-0.2, -0.15) is 0 Å². The molecule has 4 nitrogen and oxygen atoms in total. The maximum Gasteiger partial charge on any atom is 0.269 e. The molecule has 0 saturated heterocycles. The number of nitro benzene ring substituents is 1. The molecule has 72 valence electrons. The number of thioether (sulfide) groups is 1. The van der Waals surface area contributed by atoms with E-state index in [2.05, 4.69) is 0 Å². The smallest absolute Gasteiger partial charge is 0.269 e. The van der Waals surface area contributed by atoms with Crippen LogP contribution < -0.4 is 0 Å². The van der Waals surface area contributed by atoms with Crippen LogP contribution in [-0.4, -0.2) is 16.5 Å². The van der Waals surface area contributed by atoms with E-state index < -0.39 is 4.92 Å². The lowest BCUT2D eigenvalue weighted by molar-refractivity contribution is -0.385. The molecule has 0 aromatic heterocycles. The van der Waals surface area contributed by atoms with E-state index in [0.717, 1.165) is 10.5 Å². The zero-order valence-corrected chi connectivity index (χ0v) is 8.04. The highest BCUT2D eigenvalue weighted by Crippen LogP contribution is 2.30. The van der Waals surface area contributed by atoms with E-state index in [4.69, 9.17) is 0 Å². The highest BCUT2D eigenvalue weighted by molar-refractivity contribution is 8.00. The van der Waals surface area contributed by atoms with E-state index in [1.807, 2.05) is 0 Å². The lowest BCUT2D eigenvalue weighted by Crippen LogP contribution is -2.11. The Morgan fingerprint density at radius 2 is 2.21 bits per heavy atom. The molecule has 0 unspecified atom stereocenters. The Hall–Kier alpha value is -1.36. The fourth-order valence-electron chi connectivity index (χ4n) is 1.38. The van der Waals surface area contributed by atoms with Crippen molar-refractivity contribution < 1.29 is 9.72 Å². The van der Waals surface area contributed by atoms with Crippen molar-refractivity contribution in [2.75, 3.05) is 5.75 Å². The van der Waals surface area contributed by atoms with E-state index in [1.54, 1.807) is 6.07 Å². The van der Waals surface area contributed by atoms with Crippen LogP contribution >= 0.6 is 11.8 Å². The quantitative estimate of drug-likeness (QED) is 0.522. The first kappa shape index (κ1) is 9.21. The van der Waals surface area contributed by atoms with Crippen molar-refractivity contribution in [3.8, 4) is 0 Å². The summed E-state index contributed by atoms with van der Waals surface area (Å²) in [4.78, 5) is 22.1. The lowest BCUT2D eigenvalue weighted by Gasteiger charge is -2.12. The number of fused-ring (bicyclic) bond motifs is 1. The van der Waals surface area contributed by atoms with Gasteiger partial charge in [-0.05, 0) is 11.6 Å². The van der Waals surface area contributed by atoms with Gasteiger partial charge in [0.05, 0.1) is 10.7 Å². The summed E-state index contributed by atoms with van der Waals surface area (Å²) < 4.78 is 0. The second-order valence-electron chi connectivity index (χ2n) is 3.05. The molecule has 0 fully saturated rings. The molecule has 1 aliphatic rings. The lowest BCUT2D eigenvalue weighted by atomic mass is 10.1. The van der Waals surface area contributed by atoms with E-state index in [1.165, 1.54) is 23.9 Å². The van der Waals surface area contributed by atoms with Crippen LogP contribution in [0.2, 0.25) is 0 Å². The normalized spacial score (nSPS) is 15.0. The molecule has 5 heteroatoms. The molecule has 0 amide bonds. The van der Waals surface area contributed by atoms with E-state index >= 15 is 0 Å². The van der Waals surface area contributed by atoms with Gasteiger partial charge in [0.15, 0.2) is 0 Å². The number of non-ortho nitro benzene ring substituents is 1. The van der Waals surface area contributed by atoms with Crippen molar-refractivity contribution in [3.05, 3.63) is 33.9 Å². The summed E-state index contributed by atoms with van der Waals surface area (Å²) in [5.41, 5.74) is 0.833. The van der Waals surface area contributed by atoms with Crippen LogP contribution in [0, 0.1) is 10.1 Å². The SMILES string of the molecule is O=C1CSc2ccc([N+](=O)[O-])cc2C1. The standard InChI is InChI=1S/C9H7NO3S/c11-8-4-6-3-7(10(12)13)1-2-9(6)14-5-8/h1-3H,4-5H2. The fraction of sp³-hybridized carbons (Fsp3) is 0.222. The maximum absolute atomic E-state index is 11.1. The molecule has 2 rings (SSSR count). The van der Waals surface area contributed by atoms with Crippen LogP contribution in [-0.2, 0) is 11.2 Å².